The largest absolute Gasteiger partial charge is 0.481 e. The lowest BCUT2D eigenvalue weighted by atomic mass is 10.2. The number of aryl methyl sites for hydroxylation is 1. The predicted octanol–water partition coefficient (Wildman–Crippen LogP) is 2.08. The number of benzene rings is 1. The van der Waals surface area contributed by atoms with Crippen LogP contribution in [0.25, 0.3) is 0 Å². The molecule has 2 unspecified atom stereocenters. The Kier molecular flexibility index (Phi) is 7.54. The maximum atomic E-state index is 12.9. The van der Waals surface area contributed by atoms with Crippen LogP contribution in [0.5, 0.6) is 5.75 Å². The summed E-state index contributed by atoms with van der Waals surface area (Å²) >= 11 is 0. The lowest BCUT2D eigenvalue weighted by molar-refractivity contribution is -0.138. The van der Waals surface area contributed by atoms with Crippen LogP contribution in [0.3, 0.4) is 0 Å². The second-order valence-electron chi connectivity index (χ2n) is 6.84. The average molecular weight is 368 g/mol. The van der Waals surface area contributed by atoms with Gasteiger partial charge < -0.3 is 15.0 Å². The first kappa shape index (κ1) is 20.0. The van der Waals surface area contributed by atoms with E-state index in [2.05, 4.69) is 10.2 Å². The van der Waals surface area contributed by atoms with Gasteiger partial charge in [-0.3, -0.25) is 9.69 Å². The number of hydrogen-bond acceptors (Lipinski definition) is 4. The minimum atomic E-state index is -0.381. The van der Waals surface area contributed by atoms with Crippen molar-refractivity contribution < 1.29 is 9.53 Å². The number of halogens is 1. The molecule has 1 aromatic rings. The van der Waals surface area contributed by atoms with Crippen LogP contribution in [0.2, 0.25) is 0 Å². The van der Waals surface area contributed by atoms with E-state index in [9.17, 15) is 4.79 Å². The molecule has 5 nitrogen and oxygen atoms in total. The number of carbonyl (C=O) groups excluding carboxylic acids is 1. The lowest BCUT2D eigenvalue weighted by Crippen LogP contribution is -2.50. The number of amides is 1. The van der Waals surface area contributed by atoms with E-state index in [1.807, 2.05) is 43.0 Å². The van der Waals surface area contributed by atoms with Crippen molar-refractivity contribution in [2.45, 2.75) is 38.8 Å². The molecule has 0 spiro atoms. The van der Waals surface area contributed by atoms with Crippen LogP contribution < -0.4 is 10.1 Å². The topological polar surface area (TPSA) is 44.8 Å². The summed E-state index contributed by atoms with van der Waals surface area (Å²) in [4.78, 5) is 17.4. The number of nitrogens with zero attached hydrogens (tertiary/aromatic N) is 2. The minimum absolute atomic E-state index is 0. The highest BCUT2D eigenvalue weighted by Gasteiger charge is 2.34. The molecule has 2 heterocycles. The fraction of sp³-hybridized carbons (Fsp3) is 0.632. The van der Waals surface area contributed by atoms with Crippen LogP contribution in [0.4, 0.5) is 0 Å². The zero-order chi connectivity index (χ0) is 16.9. The van der Waals surface area contributed by atoms with Crippen molar-refractivity contribution in [3.8, 4) is 5.75 Å². The molecule has 0 bridgehead atoms. The molecule has 0 aliphatic carbocycles. The first-order valence-electron chi connectivity index (χ1n) is 9.14. The molecule has 25 heavy (non-hydrogen) atoms. The van der Waals surface area contributed by atoms with Gasteiger partial charge in [0, 0.05) is 45.3 Å². The number of rotatable bonds is 5. The molecule has 2 aliphatic rings. The summed E-state index contributed by atoms with van der Waals surface area (Å²) in [6.07, 6.45) is 1.39. The number of nitrogens with one attached hydrogen (secondary N) is 1. The summed E-state index contributed by atoms with van der Waals surface area (Å²) < 4.78 is 5.98. The van der Waals surface area contributed by atoms with Crippen molar-refractivity contribution in [3.63, 3.8) is 0 Å². The van der Waals surface area contributed by atoms with Gasteiger partial charge in [-0.2, -0.15) is 0 Å². The third kappa shape index (κ3) is 5.09. The van der Waals surface area contributed by atoms with Crippen molar-refractivity contribution in [2.24, 2.45) is 0 Å². The molecule has 1 aromatic carbocycles. The Hall–Kier alpha value is -1.30. The Balaban J connectivity index is 0.00000225. The molecule has 2 saturated heterocycles. The summed E-state index contributed by atoms with van der Waals surface area (Å²) in [5.74, 6) is 0.921. The monoisotopic (exact) mass is 367 g/mol. The molecule has 6 heteroatoms. The number of hydrogen-bond donors (Lipinski definition) is 1. The number of piperazine rings is 1. The molecule has 1 amide bonds. The molecule has 0 radical (unpaired) electrons. The second-order valence-corrected chi connectivity index (χ2v) is 6.84. The van der Waals surface area contributed by atoms with Crippen molar-refractivity contribution in [2.75, 3.05) is 39.3 Å². The SMILES string of the molecule is CCC(Oc1cccc(C)c1)C(=O)N1CCC(N2CCNCC2)C1.Cl. The third-order valence-corrected chi connectivity index (χ3v) is 5.06. The number of likely N-dealkylation sites (tertiary alicyclic amines) is 1. The smallest absolute Gasteiger partial charge is 0.263 e. The Bertz CT molecular complexity index is 563. The zero-order valence-corrected chi connectivity index (χ0v) is 16.1. The van der Waals surface area contributed by atoms with Crippen molar-refractivity contribution in [1.29, 1.82) is 0 Å². The molecule has 2 atom stereocenters. The second kappa shape index (κ2) is 9.41. The molecule has 3 rings (SSSR count). The van der Waals surface area contributed by atoms with Crippen molar-refractivity contribution >= 4 is 18.3 Å². The van der Waals surface area contributed by atoms with Gasteiger partial charge in [0.05, 0.1) is 0 Å². The van der Waals surface area contributed by atoms with Crippen molar-refractivity contribution in [1.82, 2.24) is 15.1 Å². The molecule has 2 aliphatic heterocycles. The van der Waals surface area contributed by atoms with E-state index in [0.29, 0.717) is 12.5 Å². The van der Waals surface area contributed by atoms with E-state index < -0.39 is 0 Å². The minimum Gasteiger partial charge on any atom is -0.481 e. The first-order valence-corrected chi connectivity index (χ1v) is 9.14. The fourth-order valence-corrected chi connectivity index (χ4v) is 3.65. The summed E-state index contributed by atoms with van der Waals surface area (Å²) in [5.41, 5.74) is 1.15. The van der Waals surface area contributed by atoms with Gasteiger partial charge in [0.25, 0.3) is 5.91 Å². The number of ether oxygens (including phenoxy) is 1. The van der Waals surface area contributed by atoms with Gasteiger partial charge >= 0.3 is 0 Å². The highest BCUT2D eigenvalue weighted by Crippen LogP contribution is 2.20. The normalized spacial score (nSPS) is 22.3. The van der Waals surface area contributed by atoms with Crippen LogP contribution in [0.15, 0.2) is 24.3 Å². The van der Waals surface area contributed by atoms with Gasteiger partial charge in [0.2, 0.25) is 0 Å². The van der Waals surface area contributed by atoms with Gasteiger partial charge in [0.15, 0.2) is 6.10 Å². The summed E-state index contributed by atoms with van der Waals surface area (Å²) in [7, 11) is 0. The van der Waals surface area contributed by atoms with Crippen LogP contribution in [-0.2, 0) is 4.79 Å². The molecule has 0 saturated carbocycles. The highest BCUT2D eigenvalue weighted by atomic mass is 35.5. The summed E-state index contributed by atoms with van der Waals surface area (Å²) in [6.45, 7) is 10.0. The molecular formula is C19H30ClN3O2. The Morgan fingerprint density at radius 3 is 2.76 bits per heavy atom. The van der Waals surface area contributed by atoms with E-state index in [1.165, 1.54) is 0 Å². The Labute approximate surface area is 157 Å². The molecular weight excluding hydrogens is 338 g/mol. The Morgan fingerprint density at radius 2 is 2.08 bits per heavy atom. The Morgan fingerprint density at radius 1 is 1.32 bits per heavy atom. The van der Waals surface area contributed by atoms with E-state index >= 15 is 0 Å². The standard InChI is InChI=1S/C19H29N3O2.ClH/c1-3-18(24-17-6-4-5-15(2)13-17)19(23)22-10-7-16(14-22)21-11-8-20-9-12-21;/h4-6,13,16,18,20H,3,7-12,14H2,1-2H3;1H. The van der Waals surface area contributed by atoms with Crippen LogP contribution in [0.1, 0.15) is 25.3 Å². The molecule has 0 aromatic heterocycles. The van der Waals surface area contributed by atoms with E-state index in [0.717, 1.165) is 57.0 Å². The summed E-state index contributed by atoms with van der Waals surface area (Å²) in [5, 5.41) is 3.39. The van der Waals surface area contributed by atoms with Gasteiger partial charge in [-0.15, -0.1) is 12.4 Å². The van der Waals surface area contributed by atoms with Crippen LogP contribution >= 0.6 is 12.4 Å². The third-order valence-electron chi connectivity index (χ3n) is 5.06. The van der Waals surface area contributed by atoms with Crippen molar-refractivity contribution in [3.05, 3.63) is 29.8 Å². The van der Waals surface area contributed by atoms with E-state index in [-0.39, 0.29) is 24.4 Å². The fourth-order valence-electron chi connectivity index (χ4n) is 3.65. The predicted molar refractivity (Wildman–Crippen MR) is 103 cm³/mol. The van der Waals surface area contributed by atoms with Gasteiger partial charge in [-0.1, -0.05) is 19.1 Å². The first-order chi connectivity index (χ1) is 11.7. The van der Waals surface area contributed by atoms with E-state index in [4.69, 9.17) is 4.74 Å². The maximum absolute atomic E-state index is 12.9. The highest BCUT2D eigenvalue weighted by molar-refractivity contribution is 5.85. The molecule has 2 fully saturated rings. The summed E-state index contributed by atoms with van der Waals surface area (Å²) in [6, 6.07) is 8.43. The van der Waals surface area contributed by atoms with Crippen LogP contribution in [0, 0.1) is 6.92 Å². The quantitative estimate of drug-likeness (QED) is 0.865. The van der Waals surface area contributed by atoms with Gasteiger partial charge in [0.1, 0.15) is 5.75 Å². The average Bonchev–Trinajstić information content (AvgIpc) is 3.10. The lowest BCUT2D eigenvalue weighted by Gasteiger charge is -2.32. The molecule has 140 valence electrons. The van der Waals surface area contributed by atoms with Gasteiger partial charge in [-0.05, 0) is 37.5 Å². The molecule has 1 N–H and O–H groups in total. The van der Waals surface area contributed by atoms with Gasteiger partial charge in [-0.25, -0.2) is 0 Å². The maximum Gasteiger partial charge on any atom is 0.263 e. The van der Waals surface area contributed by atoms with Crippen LogP contribution in [-0.4, -0.2) is 67.1 Å². The number of carbonyl (C=O) groups is 1. The van der Waals surface area contributed by atoms with E-state index in [1.54, 1.807) is 0 Å². The zero-order valence-electron chi connectivity index (χ0n) is 15.2.